The van der Waals surface area contributed by atoms with Gasteiger partial charge in [0.05, 0.1) is 6.61 Å². The van der Waals surface area contributed by atoms with Gasteiger partial charge in [-0.2, -0.15) is 11.8 Å². The van der Waals surface area contributed by atoms with E-state index in [1.807, 2.05) is 11.8 Å². The molecule has 0 aliphatic heterocycles. The van der Waals surface area contributed by atoms with E-state index in [-0.39, 0.29) is 23.4 Å². The maximum atomic E-state index is 12.0. The van der Waals surface area contributed by atoms with E-state index in [1.165, 1.54) is 51.6 Å². The molecule has 0 fully saturated rings. The number of carbonyl (C=O) groups is 1. The minimum Gasteiger partial charge on any atom is -0.465 e. The first-order valence-corrected chi connectivity index (χ1v) is 36.3. The molecule has 6 aromatic carbocycles. The van der Waals surface area contributed by atoms with E-state index in [4.69, 9.17) is 4.74 Å². The molecule has 0 amide bonds. The molecule has 0 saturated carbocycles. The average molecular weight is 1240 g/mol. The number of aliphatic hydroxyl groups is 1. The predicted molar refractivity (Wildman–Crippen MR) is 375 cm³/mol. The highest BCUT2D eigenvalue weighted by Gasteiger charge is 2.38. The second kappa shape index (κ2) is 41.3. The maximum absolute atomic E-state index is 12.0. The molecule has 1 atom stereocenters. The number of hydrogen-bond acceptors (Lipinski definition) is 4. The zero-order chi connectivity index (χ0) is 59.0. The van der Waals surface area contributed by atoms with Gasteiger partial charge in [-0.1, -0.05) is 312 Å². The summed E-state index contributed by atoms with van der Waals surface area (Å²) < 4.78 is 5.83. The molecule has 0 radical (unpaired) electrons. The van der Waals surface area contributed by atoms with Crippen LogP contribution in [0.25, 0.3) is 0 Å². The standard InChI is InChI=1S/C32H34O2P2.C20H27OPS.C7H15Br.3C5H6/c1-3-32(24-34-27(2)33,25-35(28-16-8-4-9-17-28)29-18-10-5-11-19-29)26-36(30-20-12-6-13-21-30)31-22-14-7-15-23-31;1-3-20(15-21,17-23-4-2)16-22(18-11-7-5-8-12-18)19-13-9-6-10-14-19;1-4-7(3,5-2)6-8;3*1-2-4-5-3-1/h4-23H,3,24-26H2,1-2H3;5-14,21H,3-4,15-17H2,1-2H3;4-6H2,1-3H3;3*1-4H,5H2/t;20-;;;;/m.0..../s1. The van der Waals surface area contributed by atoms with Crippen LogP contribution in [0.15, 0.2) is 255 Å². The summed E-state index contributed by atoms with van der Waals surface area (Å²) in [7, 11) is -1.69. The van der Waals surface area contributed by atoms with Gasteiger partial charge < -0.3 is 9.84 Å². The Labute approximate surface area is 513 Å². The molecule has 3 aliphatic rings. The Hall–Kier alpha value is -4.69. The van der Waals surface area contributed by atoms with Crippen molar-refractivity contribution in [3.05, 3.63) is 255 Å². The summed E-state index contributed by atoms with van der Waals surface area (Å²) in [6, 6.07) is 65.0. The lowest BCUT2D eigenvalue weighted by molar-refractivity contribution is -0.143. The number of aliphatic hydroxyl groups excluding tert-OH is 1. The van der Waals surface area contributed by atoms with Crippen molar-refractivity contribution >= 4 is 89.3 Å². The van der Waals surface area contributed by atoms with Crippen molar-refractivity contribution in [3.63, 3.8) is 0 Å². The van der Waals surface area contributed by atoms with Crippen molar-refractivity contribution in [2.24, 2.45) is 16.2 Å². The van der Waals surface area contributed by atoms with Crippen LogP contribution in [0.5, 0.6) is 0 Å². The summed E-state index contributed by atoms with van der Waals surface area (Å²) in [5.41, 5.74) is 0.401. The summed E-state index contributed by atoms with van der Waals surface area (Å²) in [5.74, 6) is 1.94. The Morgan fingerprint density at radius 2 is 0.732 bits per heavy atom. The van der Waals surface area contributed by atoms with E-state index in [0.29, 0.717) is 12.0 Å². The van der Waals surface area contributed by atoms with Crippen LogP contribution >= 0.6 is 51.5 Å². The summed E-state index contributed by atoms with van der Waals surface area (Å²) in [4.78, 5) is 12.0. The van der Waals surface area contributed by atoms with Crippen LogP contribution in [0, 0.1) is 16.2 Å². The predicted octanol–water partition coefficient (Wildman–Crippen LogP) is 18.2. The Morgan fingerprint density at radius 3 is 0.902 bits per heavy atom. The zero-order valence-electron chi connectivity index (χ0n) is 50.2. The molecule has 3 aliphatic carbocycles. The molecular weight excluding hydrogens is 1140 g/mol. The fourth-order valence-electron chi connectivity index (χ4n) is 8.77. The van der Waals surface area contributed by atoms with Crippen LogP contribution in [-0.2, 0) is 9.53 Å². The van der Waals surface area contributed by atoms with Crippen LogP contribution in [0.1, 0.15) is 93.4 Å². The minimum absolute atomic E-state index is 0.0120. The largest absolute Gasteiger partial charge is 0.465 e. The molecule has 0 heterocycles. The third-order valence-corrected chi connectivity index (χ3v) is 26.0. The van der Waals surface area contributed by atoms with Gasteiger partial charge in [0.2, 0.25) is 0 Å². The lowest BCUT2D eigenvalue weighted by Crippen LogP contribution is -2.38. The van der Waals surface area contributed by atoms with Gasteiger partial charge in [0.1, 0.15) is 0 Å². The monoisotopic (exact) mass is 1230 g/mol. The van der Waals surface area contributed by atoms with E-state index in [2.05, 4.69) is 312 Å². The number of hydrogen-bond donors (Lipinski definition) is 1. The van der Waals surface area contributed by atoms with Crippen LogP contribution < -0.4 is 31.8 Å². The number of ether oxygens (including phenoxy) is 1. The van der Waals surface area contributed by atoms with E-state index in [1.54, 1.807) is 0 Å². The van der Waals surface area contributed by atoms with Crippen molar-refractivity contribution in [2.75, 3.05) is 48.5 Å². The van der Waals surface area contributed by atoms with Crippen LogP contribution in [0.4, 0.5) is 0 Å². The van der Waals surface area contributed by atoms with Crippen molar-refractivity contribution in [1.29, 1.82) is 0 Å². The molecule has 0 unspecified atom stereocenters. The fraction of sp³-hybridized carbons (Fsp3) is 0.338. The average Bonchev–Trinajstić information content (AvgIpc) is 4.52. The highest BCUT2D eigenvalue weighted by molar-refractivity contribution is 9.09. The van der Waals surface area contributed by atoms with Gasteiger partial charge in [-0.05, 0) is 130 Å². The number of carbonyl (C=O) groups excluding carboxylic acids is 1. The number of benzene rings is 6. The molecule has 3 nitrogen and oxygen atoms in total. The fourth-order valence-corrected chi connectivity index (χ4v) is 19.4. The Balaban J connectivity index is 0.000000262. The molecule has 9 rings (SSSR count). The van der Waals surface area contributed by atoms with Crippen LogP contribution in [0.3, 0.4) is 0 Å². The Morgan fingerprint density at radius 1 is 0.463 bits per heavy atom. The third-order valence-electron chi connectivity index (χ3n) is 14.9. The summed E-state index contributed by atoms with van der Waals surface area (Å²) >= 11 is 5.44. The number of halogens is 1. The second-order valence-corrected chi connectivity index (χ2v) is 29.4. The molecule has 436 valence electrons. The number of rotatable bonds is 23. The Bertz CT molecular complexity index is 2470. The summed E-state index contributed by atoms with van der Waals surface area (Å²) in [5, 5.41) is 19.5. The van der Waals surface area contributed by atoms with Gasteiger partial charge in [0.25, 0.3) is 0 Å². The third kappa shape index (κ3) is 26.1. The lowest BCUT2D eigenvalue weighted by atomic mass is 9.88. The van der Waals surface area contributed by atoms with Gasteiger partial charge in [-0.15, -0.1) is 0 Å². The Kier molecular flexibility index (Phi) is 35.2. The molecule has 8 heteroatoms. The van der Waals surface area contributed by atoms with Gasteiger partial charge >= 0.3 is 5.97 Å². The minimum atomic E-state index is -0.625. The van der Waals surface area contributed by atoms with Crippen LogP contribution in [-0.4, -0.2) is 59.6 Å². The normalized spacial score (nSPS) is 13.4. The molecule has 6 aromatic rings. The van der Waals surface area contributed by atoms with E-state index in [9.17, 15) is 9.90 Å². The number of thioether (sulfide) groups is 1. The number of allylic oxidation sites excluding steroid dienone is 12. The number of alkyl halides is 1. The zero-order valence-corrected chi connectivity index (χ0v) is 55.3. The molecule has 0 bridgehead atoms. The number of esters is 1. The molecule has 0 aromatic heterocycles. The summed E-state index contributed by atoms with van der Waals surface area (Å²) in [6.45, 7) is 15.7. The van der Waals surface area contributed by atoms with Gasteiger partial charge in [-0.25, -0.2) is 0 Å². The first-order valence-electron chi connectivity index (χ1n) is 29.5. The van der Waals surface area contributed by atoms with Crippen molar-refractivity contribution in [1.82, 2.24) is 0 Å². The van der Waals surface area contributed by atoms with E-state index < -0.39 is 23.8 Å². The first kappa shape index (κ1) is 69.8. The lowest BCUT2D eigenvalue weighted by Gasteiger charge is -2.39. The topological polar surface area (TPSA) is 46.5 Å². The molecule has 1 N–H and O–H groups in total. The SMILES string of the molecule is C1=CCC=C1.C1=CCC=C1.C1=CCC=C1.CCC(C)(CC)CBr.CCC(COC(C)=O)(CP(c1ccccc1)c1ccccc1)CP(c1ccccc1)c1ccccc1.CCSC[C@@](CC)(CO)CP(c1ccccc1)c1ccccc1. The molecule has 0 spiro atoms. The highest BCUT2D eigenvalue weighted by Crippen LogP contribution is 2.49. The highest BCUT2D eigenvalue weighted by atomic mass is 79.9. The second-order valence-electron chi connectivity index (χ2n) is 21.0. The quantitative estimate of drug-likeness (QED) is 0.0395. The van der Waals surface area contributed by atoms with Crippen molar-refractivity contribution in [2.45, 2.75) is 93.4 Å². The molecular formula is C74H94BrO3P3S. The van der Waals surface area contributed by atoms with Gasteiger partial charge in [0.15, 0.2) is 0 Å². The van der Waals surface area contributed by atoms with Crippen molar-refractivity contribution < 1.29 is 14.6 Å². The molecule has 82 heavy (non-hydrogen) atoms. The summed E-state index contributed by atoms with van der Waals surface area (Å²) in [6.07, 6.45) is 36.0. The van der Waals surface area contributed by atoms with Crippen LogP contribution in [0.2, 0.25) is 0 Å². The van der Waals surface area contributed by atoms with Gasteiger partial charge in [0, 0.05) is 35.4 Å². The van der Waals surface area contributed by atoms with Gasteiger partial charge in [-0.3, -0.25) is 4.79 Å². The van der Waals surface area contributed by atoms with E-state index in [0.717, 1.165) is 67.4 Å². The van der Waals surface area contributed by atoms with E-state index >= 15 is 0 Å². The smallest absolute Gasteiger partial charge is 0.302 e. The molecule has 0 saturated heterocycles. The maximum Gasteiger partial charge on any atom is 0.302 e. The van der Waals surface area contributed by atoms with Crippen molar-refractivity contribution in [3.8, 4) is 0 Å². The first-order chi connectivity index (χ1) is 40.0.